The number of sulfone groups is 1. The van der Waals surface area contributed by atoms with Crippen molar-refractivity contribution in [2.24, 2.45) is 5.92 Å². The summed E-state index contributed by atoms with van der Waals surface area (Å²) in [6.45, 7) is 2.70. The Morgan fingerprint density at radius 1 is 1.00 bits per heavy atom. The molecule has 1 heterocycles. The SMILES string of the molecule is CC1CCN(C(=O)C2CCC(c3ccccc3)CC2)CCS1(=O)=O. The Bertz CT molecular complexity index is 663. The fourth-order valence-corrected chi connectivity index (χ4v) is 5.29. The highest BCUT2D eigenvalue weighted by Crippen LogP contribution is 2.36. The van der Waals surface area contributed by atoms with Crippen LogP contribution < -0.4 is 0 Å². The zero-order valence-corrected chi connectivity index (χ0v) is 15.2. The summed E-state index contributed by atoms with van der Waals surface area (Å²) in [5.41, 5.74) is 1.37. The average Bonchev–Trinajstić information content (AvgIpc) is 2.74. The van der Waals surface area contributed by atoms with Crippen molar-refractivity contribution in [3.8, 4) is 0 Å². The molecular formula is C19H27NO3S. The largest absolute Gasteiger partial charge is 0.341 e. The predicted octanol–water partition coefficient (Wildman–Crippen LogP) is 3.00. The van der Waals surface area contributed by atoms with E-state index in [9.17, 15) is 13.2 Å². The summed E-state index contributed by atoms with van der Waals surface area (Å²) in [5, 5.41) is -0.330. The Hall–Kier alpha value is -1.36. The van der Waals surface area contributed by atoms with Crippen LogP contribution in [-0.4, -0.2) is 43.3 Å². The molecular weight excluding hydrogens is 322 g/mol. The third-order valence-electron chi connectivity index (χ3n) is 5.72. The zero-order chi connectivity index (χ0) is 17.2. The molecule has 1 unspecified atom stereocenters. The van der Waals surface area contributed by atoms with E-state index in [-0.39, 0.29) is 22.8 Å². The molecule has 0 radical (unpaired) electrons. The van der Waals surface area contributed by atoms with Gasteiger partial charge in [-0.25, -0.2) is 8.42 Å². The van der Waals surface area contributed by atoms with Crippen LogP contribution in [0.25, 0.3) is 0 Å². The van der Waals surface area contributed by atoms with E-state index in [2.05, 4.69) is 24.3 Å². The summed E-state index contributed by atoms with van der Waals surface area (Å²) < 4.78 is 24.0. The Kier molecular flexibility index (Phi) is 5.28. The van der Waals surface area contributed by atoms with E-state index < -0.39 is 9.84 Å². The smallest absolute Gasteiger partial charge is 0.225 e. The van der Waals surface area contributed by atoms with Crippen LogP contribution in [-0.2, 0) is 14.6 Å². The number of rotatable bonds is 2. The summed E-state index contributed by atoms with van der Waals surface area (Å²) in [5.74, 6) is 0.908. The maximum atomic E-state index is 12.8. The average molecular weight is 349 g/mol. The molecule has 132 valence electrons. The first kappa shape index (κ1) is 17.5. The summed E-state index contributed by atoms with van der Waals surface area (Å²) in [4.78, 5) is 14.6. The first-order chi connectivity index (χ1) is 11.5. The van der Waals surface area contributed by atoms with Crippen molar-refractivity contribution in [1.82, 2.24) is 4.90 Å². The number of amides is 1. The van der Waals surface area contributed by atoms with Gasteiger partial charge in [-0.3, -0.25) is 4.79 Å². The second kappa shape index (κ2) is 7.26. The number of carbonyl (C=O) groups excluding carboxylic acids is 1. The zero-order valence-electron chi connectivity index (χ0n) is 14.4. The molecule has 1 saturated carbocycles. The van der Waals surface area contributed by atoms with Gasteiger partial charge in [-0.15, -0.1) is 0 Å². The van der Waals surface area contributed by atoms with Gasteiger partial charge < -0.3 is 4.90 Å². The molecule has 24 heavy (non-hydrogen) atoms. The second-order valence-corrected chi connectivity index (χ2v) is 9.79. The van der Waals surface area contributed by atoms with Crippen LogP contribution in [0.1, 0.15) is 50.5 Å². The maximum absolute atomic E-state index is 12.8. The van der Waals surface area contributed by atoms with Crippen LogP contribution in [0.3, 0.4) is 0 Å². The lowest BCUT2D eigenvalue weighted by atomic mass is 9.78. The van der Waals surface area contributed by atoms with Crippen molar-refractivity contribution in [3.05, 3.63) is 35.9 Å². The lowest BCUT2D eigenvalue weighted by Crippen LogP contribution is -2.39. The lowest BCUT2D eigenvalue weighted by molar-refractivity contribution is -0.136. The minimum atomic E-state index is -3.03. The fourth-order valence-electron chi connectivity index (χ4n) is 3.95. The third kappa shape index (κ3) is 3.82. The molecule has 0 bridgehead atoms. The molecule has 1 amide bonds. The van der Waals surface area contributed by atoms with Crippen LogP contribution in [0.15, 0.2) is 30.3 Å². The Balaban J connectivity index is 1.57. The number of benzene rings is 1. The highest BCUT2D eigenvalue weighted by Gasteiger charge is 2.33. The number of hydrogen-bond donors (Lipinski definition) is 0. The van der Waals surface area contributed by atoms with Gasteiger partial charge in [0, 0.05) is 19.0 Å². The Labute approximate surface area is 145 Å². The molecule has 1 aliphatic carbocycles. The van der Waals surface area contributed by atoms with E-state index in [0.29, 0.717) is 25.4 Å². The molecule has 5 heteroatoms. The maximum Gasteiger partial charge on any atom is 0.225 e. The first-order valence-electron chi connectivity index (χ1n) is 9.02. The van der Waals surface area contributed by atoms with Gasteiger partial charge in [0.25, 0.3) is 0 Å². The summed E-state index contributed by atoms with van der Waals surface area (Å²) in [6.07, 6.45) is 4.48. The van der Waals surface area contributed by atoms with Crippen molar-refractivity contribution in [2.75, 3.05) is 18.8 Å². The molecule has 0 spiro atoms. The van der Waals surface area contributed by atoms with E-state index in [0.717, 1.165) is 25.7 Å². The molecule has 2 fully saturated rings. The van der Waals surface area contributed by atoms with Crippen LogP contribution >= 0.6 is 0 Å². The minimum Gasteiger partial charge on any atom is -0.341 e. The quantitative estimate of drug-likeness (QED) is 0.825. The van der Waals surface area contributed by atoms with Crippen molar-refractivity contribution in [2.45, 2.75) is 50.2 Å². The van der Waals surface area contributed by atoms with Gasteiger partial charge >= 0.3 is 0 Å². The highest BCUT2D eigenvalue weighted by molar-refractivity contribution is 7.92. The van der Waals surface area contributed by atoms with Gasteiger partial charge in [0.1, 0.15) is 0 Å². The number of carbonyl (C=O) groups is 1. The third-order valence-corrected chi connectivity index (χ3v) is 7.94. The standard InChI is InChI=1S/C19H27NO3S/c1-15-11-12-20(13-14-24(15,22)23)19(21)18-9-7-17(8-10-18)16-5-3-2-4-6-16/h2-6,15,17-18H,7-14H2,1H3. The van der Waals surface area contributed by atoms with E-state index >= 15 is 0 Å². The van der Waals surface area contributed by atoms with Crippen LogP contribution in [0.2, 0.25) is 0 Å². The number of nitrogens with zero attached hydrogens (tertiary/aromatic N) is 1. The Morgan fingerprint density at radius 2 is 1.67 bits per heavy atom. The molecule has 1 aromatic rings. The van der Waals surface area contributed by atoms with Crippen LogP contribution in [0.4, 0.5) is 0 Å². The molecule has 0 aromatic heterocycles. The molecule has 1 atom stereocenters. The van der Waals surface area contributed by atoms with E-state index in [1.165, 1.54) is 5.56 Å². The van der Waals surface area contributed by atoms with Crippen molar-refractivity contribution in [3.63, 3.8) is 0 Å². The van der Waals surface area contributed by atoms with Crippen molar-refractivity contribution < 1.29 is 13.2 Å². The topological polar surface area (TPSA) is 54.5 Å². The monoisotopic (exact) mass is 349 g/mol. The van der Waals surface area contributed by atoms with Gasteiger partial charge in [0.05, 0.1) is 11.0 Å². The minimum absolute atomic E-state index is 0.0704. The summed E-state index contributed by atoms with van der Waals surface area (Å²) in [7, 11) is -3.03. The van der Waals surface area contributed by atoms with Crippen molar-refractivity contribution >= 4 is 15.7 Å². The summed E-state index contributed by atoms with van der Waals surface area (Å²) in [6, 6.07) is 10.5. The first-order valence-corrected chi connectivity index (χ1v) is 10.7. The van der Waals surface area contributed by atoms with E-state index in [1.54, 1.807) is 11.8 Å². The van der Waals surface area contributed by atoms with E-state index in [4.69, 9.17) is 0 Å². The van der Waals surface area contributed by atoms with Gasteiger partial charge in [-0.1, -0.05) is 30.3 Å². The fraction of sp³-hybridized carbons (Fsp3) is 0.632. The molecule has 4 nitrogen and oxygen atoms in total. The molecule has 2 aliphatic rings. The van der Waals surface area contributed by atoms with E-state index in [1.807, 2.05) is 6.07 Å². The number of hydrogen-bond acceptors (Lipinski definition) is 3. The normalized spacial score (nSPS) is 30.5. The molecule has 1 aromatic carbocycles. The van der Waals surface area contributed by atoms with Gasteiger partial charge in [-0.2, -0.15) is 0 Å². The highest BCUT2D eigenvalue weighted by atomic mass is 32.2. The summed E-state index contributed by atoms with van der Waals surface area (Å²) >= 11 is 0. The molecule has 0 N–H and O–H groups in total. The van der Waals surface area contributed by atoms with Gasteiger partial charge in [-0.05, 0) is 50.5 Å². The van der Waals surface area contributed by atoms with Crippen LogP contribution in [0.5, 0.6) is 0 Å². The second-order valence-electron chi connectivity index (χ2n) is 7.25. The van der Waals surface area contributed by atoms with Crippen molar-refractivity contribution in [1.29, 1.82) is 0 Å². The van der Waals surface area contributed by atoms with Gasteiger partial charge in [0.15, 0.2) is 9.84 Å². The van der Waals surface area contributed by atoms with Gasteiger partial charge in [0.2, 0.25) is 5.91 Å². The van der Waals surface area contributed by atoms with Crippen LogP contribution in [0, 0.1) is 5.92 Å². The Morgan fingerprint density at radius 3 is 2.33 bits per heavy atom. The molecule has 3 rings (SSSR count). The molecule has 1 aliphatic heterocycles. The lowest BCUT2D eigenvalue weighted by Gasteiger charge is -2.31. The molecule has 1 saturated heterocycles. The predicted molar refractivity (Wildman–Crippen MR) is 95.6 cm³/mol.